The van der Waals surface area contributed by atoms with Gasteiger partial charge in [0.25, 0.3) is 0 Å². The van der Waals surface area contributed by atoms with Crippen LogP contribution in [0.25, 0.3) is 33.2 Å². The Morgan fingerprint density at radius 1 is 0.694 bits per heavy atom. The average Bonchev–Trinajstić information content (AvgIpc) is 3.85. The molecule has 62 heavy (non-hydrogen) atoms. The molecule has 4 heterocycles. The maximum Gasteiger partial charge on any atom is 0.407 e. The van der Waals surface area contributed by atoms with Crippen LogP contribution in [0.2, 0.25) is 0 Å². The van der Waals surface area contributed by atoms with Crippen molar-refractivity contribution in [2.45, 2.75) is 90.4 Å². The number of fused-ring (bicyclic) bond motifs is 1. The largest absolute Gasteiger partial charge is 0.453 e. The normalized spacial score (nSPS) is 21.6. The average molecular weight is 841 g/mol. The van der Waals surface area contributed by atoms with Crippen molar-refractivity contribution < 1.29 is 28.7 Å². The summed E-state index contributed by atoms with van der Waals surface area (Å²) in [5.74, 6) is 1.02. The molecule has 0 radical (unpaired) electrons. The second-order valence-corrected chi connectivity index (χ2v) is 18.9. The van der Waals surface area contributed by atoms with Gasteiger partial charge in [0, 0.05) is 13.1 Å². The van der Waals surface area contributed by atoms with Crippen molar-refractivity contribution >= 4 is 46.3 Å². The molecule has 4 aromatic rings. The first kappa shape index (κ1) is 41.3. The number of H-pyrrole nitrogens is 1. The monoisotopic (exact) mass is 840 g/mol. The van der Waals surface area contributed by atoms with Gasteiger partial charge in [-0.1, -0.05) is 76.2 Å². The number of hydrogen-bond donors (Lipinski definition) is 3. The molecule has 2 spiro atoms. The number of carbonyl (C=O) groups excluding carboxylic acids is 4. The minimum absolute atomic E-state index is 0.104. The van der Waals surface area contributed by atoms with Gasteiger partial charge in [-0.25, -0.2) is 19.6 Å². The first-order valence-electron chi connectivity index (χ1n) is 21.9. The fourth-order valence-corrected chi connectivity index (χ4v) is 9.69. The third kappa shape index (κ3) is 7.95. The number of amides is 4. The van der Waals surface area contributed by atoms with E-state index < -0.39 is 24.3 Å². The zero-order valence-corrected chi connectivity index (χ0v) is 36.4. The smallest absolute Gasteiger partial charge is 0.407 e. The molecule has 9 rings (SSSR count). The van der Waals surface area contributed by atoms with E-state index in [9.17, 15) is 19.2 Å². The summed E-state index contributed by atoms with van der Waals surface area (Å²) in [5.41, 5.74) is 6.19. The van der Waals surface area contributed by atoms with Crippen molar-refractivity contribution in [2.24, 2.45) is 32.7 Å². The molecule has 1 aromatic heterocycles. The second kappa shape index (κ2) is 16.0. The highest BCUT2D eigenvalue weighted by Crippen LogP contribution is 2.58. The number of methoxy groups -OCH3 is 2. The molecule has 14 nitrogen and oxygen atoms in total. The Bertz CT molecular complexity index is 2480. The van der Waals surface area contributed by atoms with Crippen molar-refractivity contribution in [1.82, 2.24) is 30.4 Å². The predicted molar refractivity (Wildman–Crippen MR) is 237 cm³/mol. The molecule has 14 heteroatoms. The van der Waals surface area contributed by atoms with E-state index in [4.69, 9.17) is 24.4 Å². The maximum absolute atomic E-state index is 13.9. The van der Waals surface area contributed by atoms with Crippen molar-refractivity contribution in [1.29, 1.82) is 0 Å². The van der Waals surface area contributed by atoms with Gasteiger partial charge in [0.1, 0.15) is 23.7 Å². The SMILES string of the molecule is COC(=O)N[C@H](C(=O)N1CC2(CC2)C[C@H]1C1=NCC(c2ccc3cc(-c4ccc(-c5cnc([C@@H]6CC7(CC7)CN6C(=O)[C@@H](NC(=O)OC)C(C)C)[nH]5)cc4)ccc3c2)=N1)C(C)C. The van der Waals surface area contributed by atoms with E-state index in [0.29, 0.717) is 25.5 Å². The van der Waals surface area contributed by atoms with Crippen LogP contribution < -0.4 is 10.6 Å². The summed E-state index contributed by atoms with van der Waals surface area (Å²) in [6, 6.07) is 19.5. The van der Waals surface area contributed by atoms with Crippen LogP contribution in [0, 0.1) is 22.7 Å². The molecule has 0 bridgehead atoms. The van der Waals surface area contributed by atoms with Crippen LogP contribution in [-0.2, 0) is 19.1 Å². The molecular formula is C48H56N8O6. The minimum atomic E-state index is -0.691. The molecule has 2 aliphatic carbocycles. The van der Waals surface area contributed by atoms with E-state index in [1.165, 1.54) is 14.2 Å². The quantitative estimate of drug-likeness (QED) is 0.142. The van der Waals surface area contributed by atoms with Gasteiger partial charge in [0.15, 0.2) is 0 Å². The Balaban J connectivity index is 0.882. The van der Waals surface area contributed by atoms with Gasteiger partial charge in [-0.15, -0.1) is 0 Å². The van der Waals surface area contributed by atoms with Crippen molar-refractivity contribution in [3.8, 4) is 22.4 Å². The van der Waals surface area contributed by atoms with E-state index in [1.807, 2.05) is 43.7 Å². The molecule has 5 aliphatic rings. The fourth-order valence-electron chi connectivity index (χ4n) is 9.69. The van der Waals surface area contributed by atoms with E-state index in [2.05, 4.69) is 76.3 Å². The first-order chi connectivity index (χ1) is 29.8. The van der Waals surface area contributed by atoms with Gasteiger partial charge in [-0.2, -0.15) is 0 Å². The number of hydrogen-bond acceptors (Lipinski definition) is 9. The zero-order chi connectivity index (χ0) is 43.5. The van der Waals surface area contributed by atoms with Gasteiger partial charge >= 0.3 is 12.2 Å². The van der Waals surface area contributed by atoms with Crippen LogP contribution in [-0.4, -0.2) is 107 Å². The third-order valence-electron chi connectivity index (χ3n) is 13.8. The number of aromatic nitrogens is 2. The van der Waals surface area contributed by atoms with Gasteiger partial charge in [0.2, 0.25) is 11.8 Å². The van der Waals surface area contributed by atoms with Crippen LogP contribution in [0.15, 0.2) is 76.8 Å². The van der Waals surface area contributed by atoms with Crippen LogP contribution in [0.5, 0.6) is 0 Å². The number of amidine groups is 1. The Morgan fingerprint density at radius 2 is 1.19 bits per heavy atom. The number of ether oxygens (including phenoxy) is 2. The predicted octanol–water partition coefficient (Wildman–Crippen LogP) is 7.29. The third-order valence-corrected chi connectivity index (χ3v) is 13.8. The van der Waals surface area contributed by atoms with Crippen LogP contribution in [0.1, 0.15) is 83.6 Å². The number of benzene rings is 3. The number of nitrogens with one attached hydrogen (secondary N) is 3. The lowest BCUT2D eigenvalue weighted by Gasteiger charge is -2.30. The molecule has 3 aliphatic heterocycles. The standard InChI is InChI=1S/C48H56N8O6/c1-27(2)39(53-45(59)61-5)43(57)55-25-47(15-16-47)21-37(55)41-49-23-35(51-41)30-9-7-29(8-10-30)31-11-12-33-20-34(14-13-32(33)19-31)36-24-50-42(52-36)38-22-48(17-18-48)26-56(38)44(58)40(28(3)4)54-46(60)62-6/h7-14,19-20,23,27-28,37-40H,15-18,21-22,24-26H2,1-6H3,(H,49,51)(H,53,59)(H,54,60)/t37-,38-,39-,40-/m0/s1. The topological polar surface area (TPSA) is 171 Å². The number of aliphatic imine (C=N–C) groups is 2. The number of imidazole rings is 1. The van der Waals surface area contributed by atoms with Crippen LogP contribution in [0.3, 0.4) is 0 Å². The highest BCUT2D eigenvalue weighted by molar-refractivity contribution is 6.15. The second-order valence-electron chi connectivity index (χ2n) is 18.9. The van der Waals surface area contributed by atoms with E-state index in [1.54, 1.807) is 0 Å². The molecule has 0 unspecified atom stereocenters. The van der Waals surface area contributed by atoms with Crippen molar-refractivity contribution in [3.63, 3.8) is 0 Å². The van der Waals surface area contributed by atoms with Gasteiger partial charge in [-0.05, 0) is 106 Å². The number of aromatic amines is 1. The lowest BCUT2D eigenvalue weighted by atomic mass is 9.98. The molecular weight excluding hydrogens is 785 g/mol. The Morgan fingerprint density at radius 3 is 1.74 bits per heavy atom. The highest BCUT2D eigenvalue weighted by atomic mass is 16.5. The number of alkyl carbamates (subject to hydrolysis) is 2. The summed E-state index contributed by atoms with van der Waals surface area (Å²) in [6.07, 6.45) is 6.64. The van der Waals surface area contributed by atoms with Gasteiger partial charge in [0.05, 0.1) is 50.5 Å². The molecule has 2 saturated carbocycles. The fraction of sp³-hybridized carbons (Fsp3) is 0.479. The number of carbonyl (C=O) groups is 4. The molecule has 324 valence electrons. The zero-order valence-electron chi connectivity index (χ0n) is 36.4. The summed E-state index contributed by atoms with van der Waals surface area (Å²) < 4.78 is 9.64. The van der Waals surface area contributed by atoms with E-state index in [-0.39, 0.29) is 46.6 Å². The minimum Gasteiger partial charge on any atom is -0.453 e. The lowest BCUT2D eigenvalue weighted by Crippen LogP contribution is -2.53. The molecule has 4 amide bonds. The Hall–Kier alpha value is -6.05. The van der Waals surface area contributed by atoms with E-state index in [0.717, 1.165) is 88.8 Å². The first-order valence-corrected chi connectivity index (χ1v) is 21.9. The summed E-state index contributed by atoms with van der Waals surface area (Å²) in [6.45, 7) is 9.46. The number of likely N-dealkylation sites (tertiary alicyclic amines) is 2. The van der Waals surface area contributed by atoms with Crippen molar-refractivity contribution in [3.05, 3.63) is 78.2 Å². The Kier molecular flexibility index (Phi) is 10.7. The number of nitrogens with zero attached hydrogens (tertiary/aromatic N) is 5. The summed E-state index contributed by atoms with van der Waals surface area (Å²) in [7, 11) is 2.61. The highest BCUT2D eigenvalue weighted by Gasteiger charge is 2.56. The molecule has 3 aromatic carbocycles. The maximum atomic E-state index is 13.9. The molecule has 4 atom stereocenters. The summed E-state index contributed by atoms with van der Waals surface area (Å²) in [5, 5.41) is 7.71. The van der Waals surface area contributed by atoms with Crippen LogP contribution in [0.4, 0.5) is 9.59 Å². The summed E-state index contributed by atoms with van der Waals surface area (Å²) in [4.78, 5) is 74.1. The molecule has 2 saturated heterocycles. The van der Waals surface area contributed by atoms with Gasteiger partial charge < -0.3 is 34.9 Å². The van der Waals surface area contributed by atoms with E-state index >= 15 is 0 Å². The Labute approximate surface area is 361 Å². The van der Waals surface area contributed by atoms with Crippen LogP contribution >= 0.6 is 0 Å². The number of rotatable bonds is 11. The molecule has 4 fully saturated rings. The lowest BCUT2D eigenvalue weighted by molar-refractivity contribution is -0.136. The van der Waals surface area contributed by atoms with Gasteiger partial charge in [-0.3, -0.25) is 14.6 Å². The summed E-state index contributed by atoms with van der Waals surface area (Å²) >= 11 is 0. The molecule has 3 N–H and O–H groups in total. The van der Waals surface area contributed by atoms with Crippen molar-refractivity contribution in [2.75, 3.05) is 33.9 Å².